The van der Waals surface area contributed by atoms with Crippen molar-refractivity contribution < 1.29 is 4.79 Å². The first-order valence-corrected chi connectivity index (χ1v) is 5.56. The van der Waals surface area contributed by atoms with Crippen molar-refractivity contribution in [2.24, 2.45) is 11.7 Å². The smallest absolute Gasteiger partial charge is 0.228 e. The van der Waals surface area contributed by atoms with Crippen LogP contribution in [0.4, 0.5) is 5.82 Å². The number of hydrogen-bond donors (Lipinski definition) is 2. The van der Waals surface area contributed by atoms with Crippen molar-refractivity contribution in [3.8, 4) is 0 Å². The lowest BCUT2D eigenvalue weighted by Gasteiger charge is -2.11. The van der Waals surface area contributed by atoms with Crippen molar-refractivity contribution in [3.63, 3.8) is 0 Å². The normalized spacial score (nSPS) is 12.2. The molecule has 1 atom stereocenters. The number of aromatic nitrogens is 1. The molecule has 0 aromatic carbocycles. The fraction of sp³-hybridized carbons (Fsp3) is 0.400. The van der Waals surface area contributed by atoms with Gasteiger partial charge in [0.2, 0.25) is 5.91 Å². The maximum absolute atomic E-state index is 11.6. The average Bonchev–Trinajstić information content (AvgIpc) is 2.21. The van der Waals surface area contributed by atoms with Gasteiger partial charge in [-0.05, 0) is 41.0 Å². The number of pyridine rings is 1. The number of amides is 1. The number of nitrogens with zero attached hydrogens (tertiary/aromatic N) is 1. The summed E-state index contributed by atoms with van der Waals surface area (Å²) in [6.07, 6.45) is 2.31. The molecule has 1 rings (SSSR count). The van der Waals surface area contributed by atoms with E-state index in [1.165, 1.54) is 0 Å². The predicted molar refractivity (Wildman–Crippen MR) is 63.4 cm³/mol. The lowest BCUT2D eigenvalue weighted by molar-refractivity contribution is -0.119. The van der Waals surface area contributed by atoms with Crippen molar-refractivity contribution in [2.45, 2.75) is 13.3 Å². The Labute approximate surface area is 97.4 Å². The molecule has 3 N–H and O–H groups in total. The molecule has 1 unspecified atom stereocenters. The summed E-state index contributed by atoms with van der Waals surface area (Å²) in [4.78, 5) is 15.7. The Kier molecular flexibility index (Phi) is 4.71. The Hall–Kier alpha value is -0.940. The monoisotopic (exact) mass is 271 g/mol. The molecule has 0 aliphatic carbocycles. The first kappa shape index (κ1) is 12.1. The summed E-state index contributed by atoms with van der Waals surface area (Å²) in [5, 5.41) is 2.74. The average molecular weight is 272 g/mol. The Balaban J connectivity index is 2.62. The van der Waals surface area contributed by atoms with Crippen LogP contribution in [0.3, 0.4) is 0 Å². The van der Waals surface area contributed by atoms with Gasteiger partial charge in [0.25, 0.3) is 0 Å². The van der Waals surface area contributed by atoms with E-state index in [1.807, 2.05) is 13.0 Å². The van der Waals surface area contributed by atoms with Gasteiger partial charge in [0, 0.05) is 12.1 Å². The van der Waals surface area contributed by atoms with Crippen LogP contribution in [0.2, 0.25) is 0 Å². The highest BCUT2D eigenvalue weighted by Gasteiger charge is 2.13. The van der Waals surface area contributed by atoms with Gasteiger partial charge in [0.05, 0.1) is 4.47 Å². The van der Waals surface area contributed by atoms with Crippen LogP contribution in [-0.4, -0.2) is 17.4 Å². The van der Waals surface area contributed by atoms with Crippen molar-refractivity contribution in [3.05, 3.63) is 22.8 Å². The van der Waals surface area contributed by atoms with Gasteiger partial charge in [-0.3, -0.25) is 4.79 Å². The van der Waals surface area contributed by atoms with Gasteiger partial charge in [-0.2, -0.15) is 0 Å². The van der Waals surface area contributed by atoms with Gasteiger partial charge in [0.15, 0.2) is 0 Å². The molecule has 5 heteroatoms. The third kappa shape index (κ3) is 3.60. The second-order valence-corrected chi connectivity index (χ2v) is 4.16. The van der Waals surface area contributed by atoms with Crippen LogP contribution >= 0.6 is 15.9 Å². The third-order valence-corrected chi connectivity index (χ3v) is 2.69. The van der Waals surface area contributed by atoms with Crippen LogP contribution in [0.5, 0.6) is 0 Å². The van der Waals surface area contributed by atoms with E-state index < -0.39 is 0 Å². The second kappa shape index (κ2) is 5.82. The number of rotatable bonds is 4. The molecule has 82 valence electrons. The maximum Gasteiger partial charge on any atom is 0.228 e. The molecule has 0 radical (unpaired) electrons. The molecule has 1 amide bonds. The Morgan fingerprint density at radius 1 is 1.73 bits per heavy atom. The highest BCUT2D eigenvalue weighted by Crippen LogP contribution is 2.19. The number of hydrogen-bond acceptors (Lipinski definition) is 3. The SMILES string of the molecule is CC(CCN)C(=O)Nc1ncccc1Br. The molecule has 0 spiro atoms. The summed E-state index contributed by atoms with van der Waals surface area (Å²) in [5.41, 5.74) is 5.39. The molecule has 0 bridgehead atoms. The predicted octanol–water partition coefficient (Wildman–Crippen LogP) is 1.77. The van der Waals surface area contributed by atoms with Crippen LogP contribution in [0.25, 0.3) is 0 Å². The van der Waals surface area contributed by atoms with Gasteiger partial charge in [-0.15, -0.1) is 0 Å². The Bertz CT molecular complexity index is 343. The van der Waals surface area contributed by atoms with E-state index in [1.54, 1.807) is 12.3 Å². The molecule has 0 aliphatic heterocycles. The number of carbonyl (C=O) groups excluding carboxylic acids is 1. The van der Waals surface area contributed by atoms with Crippen LogP contribution in [-0.2, 0) is 4.79 Å². The molecule has 1 heterocycles. The summed E-state index contributed by atoms with van der Waals surface area (Å²) < 4.78 is 0.776. The number of anilines is 1. The quantitative estimate of drug-likeness (QED) is 0.877. The van der Waals surface area contributed by atoms with Crippen LogP contribution in [0.1, 0.15) is 13.3 Å². The van der Waals surface area contributed by atoms with E-state index in [4.69, 9.17) is 5.73 Å². The number of carbonyl (C=O) groups is 1. The maximum atomic E-state index is 11.6. The van der Waals surface area contributed by atoms with Crippen LogP contribution < -0.4 is 11.1 Å². The van der Waals surface area contributed by atoms with Crippen molar-refractivity contribution in [2.75, 3.05) is 11.9 Å². The lowest BCUT2D eigenvalue weighted by atomic mass is 10.1. The van der Waals surface area contributed by atoms with Crippen LogP contribution in [0, 0.1) is 5.92 Å². The molecule has 1 aromatic rings. The number of nitrogens with two attached hydrogens (primary N) is 1. The summed E-state index contributed by atoms with van der Waals surface area (Å²) in [7, 11) is 0. The third-order valence-electron chi connectivity index (χ3n) is 2.05. The highest BCUT2D eigenvalue weighted by atomic mass is 79.9. The van der Waals surface area contributed by atoms with Gasteiger partial charge < -0.3 is 11.1 Å². The molecule has 0 aliphatic rings. The van der Waals surface area contributed by atoms with E-state index in [0.29, 0.717) is 18.8 Å². The Morgan fingerprint density at radius 3 is 3.07 bits per heavy atom. The fourth-order valence-corrected chi connectivity index (χ4v) is 1.45. The number of nitrogens with one attached hydrogen (secondary N) is 1. The molecular formula is C10H14BrN3O. The van der Waals surface area contributed by atoms with Gasteiger partial charge >= 0.3 is 0 Å². The first-order chi connectivity index (χ1) is 7.15. The zero-order chi connectivity index (χ0) is 11.3. The second-order valence-electron chi connectivity index (χ2n) is 3.30. The van der Waals surface area contributed by atoms with Crippen LogP contribution in [0.15, 0.2) is 22.8 Å². The van der Waals surface area contributed by atoms with Crippen molar-refractivity contribution in [1.29, 1.82) is 0 Å². The van der Waals surface area contributed by atoms with Gasteiger partial charge in [-0.25, -0.2) is 4.98 Å². The van der Waals surface area contributed by atoms with E-state index in [9.17, 15) is 4.79 Å². The molecule has 0 fully saturated rings. The van der Waals surface area contributed by atoms with E-state index in [0.717, 1.165) is 4.47 Å². The fourth-order valence-electron chi connectivity index (χ4n) is 1.10. The molecule has 0 saturated carbocycles. The molecular weight excluding hydrogens is 258 g/mol. The standard InChI is InChI=1S/C10H14BrN3O/c1-7(4-5-12)10(15)14-9-8(11)3-2-6-13-9/h2-3,6-7H,4-5,12H2,1H3,(H,13,14,15). The topological polar surface area (TPSA) is 68.0 Å². The zero-order valence-electron chi connectivity index (χ0n) is 8.53. The van der Waals surface area contributed by atoms with Crippen molar-refractivity contribution >= 4 is 27.7 Å². The molecule has 1 aromatic heterocycles. The number of halogens is 1. The lowest BCUT2D eigenvalue weighted by Crippen LogP contribution is -2.23. The molecule has 15 heavy (non-hydrogen) atoms. The first-order valence-electron chi connectivity index (χ1n) is 4.76. The largest absolute Gasteiger partial charge is 0.330 e. The summed E-state index contributed by atoms with van der Waals surface area (Å²) in [5.74, 6) is 0.398. The van der Waals surface area contributed by atoms with Crippen molar-refractivity contribution in [1.82, 2.24) is 4.98 Å². The zero-order valence-corrected chi connectivity index (χ0v) is 10.1. The van der Waals surface area contributed by atoms with Gasteiger partial charge in [0.1, 0.15) is 5.82 Å². The minimum Gasteiger partial charge on any atom is -0.330 e. The van der Waals surface area contributed by atoms with E-state index in [-0.39, 0.29) is 11.8 Å². The summed E-state index contributed by atoms with van der Waals surface area (Å²) in [6, 6.07) is 3.62. The van der Waals surface area contributed by atoms with E-state index in [2.05, 4.69) is 26.2 Å². The van der Waals surface area contributed by atoms with E-state index >= 15 is 0 Å². The summed E-state index contributed by atoms with van der Waals surface area (Å²) in [6.45, 7) is 2.36. The molecule has 0 saturated heterocycles. The minimum atomic E-state index is -0.0936. The minimum absolute atomic E-state index is 0.0557. The summed E-state index contributed by atoms with van der Waals surface area (Å²) >= 11 is 3.31. The Morgan fingerprint density at radius 2 is 2.47 bits per heavy atom. The molecule has 4 nitrogen and oxygen atoms in total. The highest BCUT2D eigenvalue weighted by molar-refractivity contribution is 9.10. The van der Waals surface area contributed by atoms with Gasteiger partial charge in [-0.1, -0.05) is 6.92 Å².